The number of halogens is 1. The molecule has 2 N–H and O–H groups in total. The highest BCUT2D eigenvalue weighted by Crippen LogP contribution is 2.19. The molecule has 2 aromatic rings. The summed E-state index contributed by atoms with van der Waals surface area (Å²) >= 11 is 0. The van der Waals surface area contributed by atoms with Crippen molar-refractivity contribution >= 4 is 21.8 Å². The molecular weight excluding hydrogens is 449 g/mol. The maximum atomic E-state index is 13.2. The van der Waals surface area contributed by atoms with Crippen LogP contribution in [0.15, 0.2) is 52.0 Å². The van der Waals surface area contributed by atoms with Gasteiger partial charge in [-0.3, -0.25) is 9.59 Å². The largest absolute Gasteiger partial charge is 0.467 e. The zero-order chi connectivity index (χ0) is 24.8. The van der Waals surface area contributed by atoms with Gasteiger partial charge in [0.1, 0.15) is 17.6 Å². The van der Waals surface area contributed by atoms with Crippen LogP contribution in [0.3, 0.4) is 0 Å². The van der Waals surface area contributed by atoms with Crippen LogP contribution >= 0.6 is 0 Å². The Morgan fingerprint density at radius 2 is 1.79 bits per heavy atom. The van der Waals surface area contributed by atoms with E-state index in [1.54, 1.807) is 12.1 Å². The highest BCUT2D eigenvalue weighted by molar-refractivity contribution is 7.89. The van der Waals surface area contributed by atoms with Crippen LogP contribution in [-0.4, -0.2) is 43.3 Å². The predicted octanol–water partition coefficient (Wildman–Crippen LogP) is 3.06. The topological polar surface area (TPSA) is 109 Å². The number of nitrogens with one attached hydrogen (secondary N) is 2. The number of hydrogen-bond donors (Lipinski definition) is 2. The van der Waals surface area contributed by atoms with E-state index < -0.39 is 39.9 Å². The van der Waals surface area contributed by atoms with Gasteiger partial charge in [0.15, 0.2) is 0 Å². The Morgan fingerprint density at radius 3 is 2.30 bits per heavy atom. The maximum Gasteiger partial charge on any atom is 0.243 e. The maximum absolute atomic E-state index is 13.2. The van der Waals surface area contributed by atoms with Gasteiger partial charge in [-0.25, -0.2) is 17.5 Å². The summed E-state index contributed by atoms with van der Waals surface area (Å²) in [5, 5.41) is 2.97. The van der Waals surface area contributed by atoms with E-state index >= 15 is 0 Å². The fourth-order valence-corrected chi connectivity index (χ4v) is 4.14. The molecule has 0 saturated heterocycles. The highest BCUT2D eigenvalue weighted by Gasteiger charge is 2.35. The predicted molar refractivity (Wildman–Crippen MR) is 122 cm³/mol. The molecule has 0 saturated carbocycles. The Kier molecular flexibility index (Phi) is 8.79. The lowest BCUT2D eigenvalue weighted by molar-refractivity contribution is -0.143. The number of rotatable bonds is 11. The molecule has 10 heteroatoms. The van der Waals surface area contributed by atoms with Gasteiger partial charge in [0, 0.05) is 5.54 Å². The van der Waals surface area contributed by atoms with Crippen molar-refractivity contribution in [3.63, 3.8) is 0 Å². The Bertz CT molecular complexity index is 1030. The van der Waals surface area contributed by atoms with Crippen LogP contribution in [0.1, 0.15) is 46.8 Å². The number of benzene rings is 1. The summed E-state index contributed by atoms with van der Waals surface area (Å²) in [6.07, 6.45) is 2.15. The lowest BCUT2D eigenvalue weighted by Gasteiger charge is -2.36. The third kappa shape index (κ3) is 7.40. The van der Waals surface area contributed by atoms with Gasteiger partial charge < -0.3 is 14.6 Å². The van der Waals surface area contributed by atoms with Gasteiger partial charge in [-0.15, -0.1) is 0 Å². The summed E-state index contributed by atoms with van der Waals surface area (Å²) in [7, 11) is -4.05. The average Bonchev–Trinajstić information content (AvgIpc) is 3.24. The molecule has 0 spiro atoms. The van der Waals surface area contributed by atoms with Crippen LogP contribution in [0.25, 0.3) is 0 Å². The lowest BCUT2D eigenvalue weighted by atomic mass is 9.97. The van der Waals surface area contributed by atoms with Crippen LogP contribution in [0.5, 0.6) is 0 Å². The van der Waals surface area contributed by atoms with Gasteiger partial charge in [-0.05, 0) is 62.6 Å². The number of amides is 2. The summed E-state index contributed by atoms with van der Waals surface area (Å²) < 4.78 is 45.8. The minimum atomic E-state index is -4.05. The Hall–Kier alpha value is -2.72. The molecule has 1 aromatic heterocycles. The number of furan rings is 1. The molecule has 0 radical (unpaired) electrons. The van der Waals surface area contributed by atoms with Crippen LogP contribution in [0.4, 0.5) is 4.39 Å². The Morgan fingerprint density at radius 1 is 1.15 bits per heavy atom. The third-order valence-corrected chi connectivity index (χ3v) is 6.76. The molecule has 0 aliphatic rings. The number of sulfonamides is 1. The molecule has 1 atom stereocenters. The number of nitrogens with zero attached hydrogens (tertiary/aromatic N) is 1. The summed E-state index contributed by atoms with van der Waals surface area (Å²) in [6.45, 7) is 8.76. The summed E-state index contributed by atoms with van der Waals surface area (Å²) in [4.78, 5) is 27.5. The first-order chi connectivity index (χ1) is 15.4. The zero-order valence-electron chi connectivity index (χ0n) is 19.6. The van der Waals surface area contributed by atoms with Crippen molar-refractivity contribution in [2.45, 2.75) is 64.1 Å². The third-order valence-electron chi connectivity index (χ3n) is 5.35. The van der Waals surface area contributed by atoms with Crippen LogP contribution in [0, 0.1) is 11.7 Å². The van der Waals surface area contributed by atoms with Gasteiger partial charge in [0.05, 0.1) is 24.2 Å². The number of carbonyl (C=O) groups excluding carboxylic acids is 2. The van der Waals surface area contributed by atoms with E-state index in [1.165, 1.54) is 11.2 Å². The van der Waals surface area contributed by atoms with Crippen LogP contribution in [0.2, 0.25) is 0 Å². The normalized spacial score (nSPS) is 13.1. The first-order valence-corrected chi connectivity index (χ1v) is 12.2. The average molecular weight is 482 g/mol. The number of carbonyl (C=O) groups is 2. The van der Waals surface area contributed by atoms with Crippen molar-refractivity contribution in [1.29, 1.82) is 0 Å². The lowest BCUT2D eigenvalue weighted by Crippen LogP contribution is -2.57. The highest BCUT2D eigenvalue weighted by atomic mass is 32.2. The SMILES string of the molecule is CCC(C)(C)NC(=O)[C@H](C(C)C)N(Cc1ccco1)C(=O)CNS(=O)(=O)c1ccc(F)cc1. The van der Waals surface area contributed by atoms with E-state index in [0.717, 1.165) is 24.3 Å². The molecule has 0 unspecified atom stereocenters. The van der Waals surface area contributed by atoms with Gasteiger partial charge in [-0.1, -0.05) is 20.8 Å². The molecule has 33 heavy (non-hydrogen) atoms. The van der Waals surface area contributed by atoms with Crippen LogP contribution in [-0.2, 0) is 26.2 Å². The standard InChI is InChI=1S/C23H32FN3O5S/c1-6-23(4,5)26-22(29)21(16(2)3)27(15-18-8-7-13-32-18)20(28)14-25-33(30,31)19-11-9-17(24)10-12-19/h7-13,16,21,25H,6,14-15H2,1-5H3,(H,26,29)/t21-/m0/s1. The van der Waals surface area contributed by atoms with E-state index in [4.69, 9.17) is 4.42 Å². The number of hydrogen-bond acceptors (Lipinski definition) is 5. The van der Waals surface area contributed by atoms with Crippen LogP contribution < -0.4 is 10.0 Å². The molecule has 1 heterocycles. The molecule has 2 rings (SSSR count). The van der Waals surface area contributed by atoms with Gasteiger partial charge >= 0.3 is 0 Å². The second-order valence-electron chi connectivity index (χ2n) is 8.80. The quantitative estimate of drug-likeness (QED) is 0.513. The van der Waals surface area contributed by atoms with Crippen molar-refractivity contribution in [3.05, 3.63) is 54.2 Å². The fourth-order valence-electron chi connectivity index (χ4n) is 3.17. The van der Waals surface area contributed by atoms with Crippen molar-refractivity contribution in [2.24, 2.45) is 5.92 Å². The monoisotopic (exact) mass is 481 g/mol. The molecule has 1 aromatic carbocycles. The van der Waals surface area contributed by atoms with Gasteiger partial charge in [-0.2, -0.15) is 0 Å². The smallest absolute Gasteiger partial charge is 0.243 e. The van der Waals surface area contributed by atoms with E-state index in [9.17, 15) is 22.4 Å². The second-order valence-corrected chi connectivity index (χ2v) is 10.6. The molecule has 0 bridgehead atoms. The van der Waals surface area contributed by atoms with Crippen molar-refractivity contribution in [3.8, 4) is 0 Å². The molecule has 2 amide bonds. The minimum Gasteiger partial charge on any atom is -0.467 e. The summed E-state index contributed by atoms with van der Waals surface area (Å²) in [6, 6.07) is 6.75. The molecule has 8 nitrogen and oxygen atoms in total. The van der Waals surface area contributed by atoms with Gasteiger partial charge in [0.25, 0.3) is 0 Å². The van der Waals surface area contributed by atoms with E-state index in [2.05, 4.69) is 10.0 Å². The molecule has 0 fully saturated rings. The first kappa shape index (κ1) is 26.5. The molecular formula is C23H32FN3O5S. The van der Waals surface area contributed by atoms with Crippen molar-refractivity contribution < 1.29 is 26.8 Å². The molecule has 0 aliphatic carbocycles. The first-order valence-electron chi connectivity index (χ1n) is 10.8. The molecule has 182 valence electrons. The van der Waals surface area contributed by atoms with Crippen molar-refractivity contribution in [2.75, 3.05) is 6.54 Å². The fraction of sp³-hybridized carbons (Fsp3) is 0.478. The summed E-state index contributed by atoms with van der Waals surface area (Å²) in [5.41, 5.74) is -0.478. The Labute approximate surface area is 194 Å². The molecule has 0 aliphatic heterocycles. The van der Waals surface area contributed by atoms with E-state index in [1.807, 2.05) is 34.6 Å². The van der Waals surface area contributed by atoms with Gasteiger partial charge in [0.2, 0.25) is 21.8 Å². The Balaban J connectivity index is 2.28. The minimum absolute atomic E-state index is 0.00701. The second kappa shape index (κ2) is 10.9. The zero-order valence-corrected chi connectivity index (χ0v) is 20.4. The van der Waals surface area contributed by atoms with Crippen molar-refractivity contribution in [1.82, 2.24) is 14.9 Å². The summed E-state index contributed by atoms with van der Waals surface area (Å²) in [5.74, 6) is -1.31. The van der Waals surface area contributed by atoms with E-state index in [0.29, 0.717) is 12.2 Å². The van der Waals surface area contributed by atoms with E-state index in [-0.39, 0.29) is 23.3 Å².